The molecule has 1 amide bonds. The Morgan fingerprint density at radius 2 is 1.00 bits per heavy atom. The van der Waals surface area contributed by atoms with Crippen molar-refractivity contribution in [1.29, 1.82) is 0 Å². The summed E-state index contributed by atoms with van der Waals surface area (Å²) in [5.41, 5.74) is 0.223. The first-order chi connectivity index (χ1) is 13.8. The molecular formula is C25H53N3O. The Kier molecular flexibility index (Phi) is 16.7. The second-order valence-corrected chi connectivity index (χ2v) is 9.68. The maximum atomic E-state index is 13.5. The van der Waals surface area contributed by atoms with Crippen LogP contribution in [0.1, 0.15) is 97.8 Å². The Labute approximate surface area is 183 Å². The van der Waals surface area contributed by atoms with Gasteiger partial charge in [0, 0.05) is 19.5 Å². The Bertz CT molecular complexity index is 360. The van der Waals surface area contributed by atoms with Gasteiger partial charge in [-0.1, -0.05) is 59.3 Å². The molecule has 0 fully saturated rings. The van der Waals surface area contributed by atoms with Crippen molar-refractivity contribution in [3.8, 4) is 0 Å². The van der Waals surface area contributed by atoms with Crippen LogP contribution in [-0.4, -0.2) is 75.0 Å². The van der Waals surface area contributed by atoms with Crippen LogP contribution in [-0.2, 0) is 4.79 Å². The minimum absolute atomic E-state index is 0.223. The van der Waals surface area contributed by atoms with Crippen LogP contribution in [0.3, 0.4) is 0 Å². The van der Waals surface area contributed by atoms with Gasteiger partial charge in [0.15, 0.2) is 0 Å². The van der Waals surface area contributed by atoms with Crippen molar-refractivity contribution in [2.24, 2.45) is 5.41 Å². The maximum Gasteiger partial charge on any atom is 0.223 e. The highest BCUT2D eigenvalue weighted by atomic mass is 16.2. The van der Waals surface area contributed by atoms with Crippen molar-refractivity contribution in [3.05, 3.63) is 0 Å². The third-order valence-electron chi connectivity index (χ3n) is 6.13. The Morgan fingerprint density at radius 3 is 1.31 bits per heavy atom. The molecule has 0 aromatic rings. The molecule has 0 aromatic carbocycles. The number of carbonyl (C=O) groups is 1. The lowest BCUT2D eigenvalue weighted by Gasteiger charge is -2.36. The molecule has 0 spiro atoms. The van der Waals surface area contributed by atoms with Crippen LogP contribution in [0.2, 0.25) is 0 Å². The summed E-state index contributed by atoms with van der Waals surface area (Å²) in [7, 11) is 8.46. The molecular weight excluding hydrogens is 358 g/mol. The maximum absolute atomic E-state index is 13.5. The van der Waals surface area contributed by atoms with Gasteiger partial charge in [-0.25, -0.2) is 0 Å². The second-order valence-electron chi connectivity index (χ2n) is 9.68. The predicted molar refractivity (Wildman–Crippen MR) is 129 cm³/mol. The van der Waals surface area contributed by atoms with E-state index in [4.69, 9.17) is 0 Å². The summed E-state index contributed by atoms with van der Waals surface area (Å²) >= 11 is 0. The predicted octanol–water partition coefficient (Wildman–Crippen LogP) is 5.67. The molecule has 0 saturated carbocycles. The molecule has 0 heterocycles. The van der Waals surface area contributed by atoms with Crippen molar-refractivity contribution in [2.75, 3.05) is 54.4 Å². The number of rotatable bonds is 19. The van der Waals surface area contributed by atoms with E-state index in [0.717, 1.165) is 45.4 Å². The molecule has 0 aliphatic heterocycles. The minimum atomic E-state index is 0.223. The van der Waals surface area contributed by atoms with Gasteiger partial charge in [-0.15, -0.1) is 0 Å². The SMILES string of the molecule is CCCCC(CCCC)(CCCC)CC(=O)N(CCCN(C)C)CCCN(C)C. The summed E-state index contributed by atoms with van der Waals surface area (Å²) in [4.78, 5) is 20.1. The number of carbonyl (C=O) groups excluding carboxylic acids is 1. The first-order valence-corrected chi connectivity index (χ1v) is 12.4. The molecule has 0 saturated heterocycles. The molecule has 29 heavy (non-hydrogen) atoms. The van der Waals surface area contributed by atoms with Crippen molar-refractivity contribution in [1.82, 2.24) is 14.7 Å². The fourth-order valence-electron chi connectivity index (χ4n) is 4.24. The van der Waals surface area contributed by atoms with Crippen LogP contribution in [0.15, 0.2) is 0 Å². The van der Waals surface area contributed by atoms with Crippen molar-refractivity contribution in [2.45, 2.75) is 97.8 Å². The van der Waals surface area contributed by atoms with Crippen LogP contribution in [0, 0.1) is 5.41 Å². The van der Waals surface area contributed by atoms with Gasteiger partial charge in [-0.3, -0.25) is 4.79 Å². The van der Waals surface area contributed by atoms with Gasteiger partial charge in [0.1, 0.15) is 0 Å². The van der Waals surface area contributed by atoms with Crippen molar-refractivity contribution in [3.63, 3.8) is 0 Å². The molecule has 0 aliphatic rings. The van der Waals surface area contributed by atoms with E-state index in [0.29, 0.717) is 5.91 Å². The second kappa shape index (κ2) is 17.1. The molecule has 0 N–H and O–H groups in total. The van der Waals surface area contributed by atoms with Gasteiger partial charge in [0.25, 0.3) is 0 Å². The van der Waals surface area contributed by atoms with Gasteiger partial charge < -0.3 is 14.7 Å². The Hall–Kier alpha value is -0.610. The zero-order valence-corrected chi connectivity index (χ0v) is 21.1. The summed E-state index contributed by atoms with van der Waals surface area (Å²) in [6, 6.07) is 0. The summed E-state index contributed by atoms with van der Waals surface area (Å²) in [6.45, 7) is 10.7. The van der Waals surface area contributed by atoms with Crippen molar-refractivity contribution >= 4 is 5.91 Å². The van der Waals surface area contributed by atoms with Crippen LogP contribution >= 0.6 is 0 Å². The summed E-state index contributed by atoms with van der Waals surface area (Å²) in [6.07, 6.45) is 14.0. The van der Waals surface area contributed by atoms with Gasteiger partial charge in [-0.05, 0) is 78.8 Å². The quantitative estimate of drug-likeness (QED) is 0.274. The smallest absolute Gasteiger partial charge is 0.223 e. The fourth-order valence-corrected chi connectivity index (χ4v) is 4.24. The van der Waals surface area contributed by atoms with E-state index in [1.165, 1.54) is 57.8 Å². The van der Waals surface area contributed by atoms with E-state index < -0.39 is 0 Å². The Balaban J connectivity index is 5.22. The van der Waals surface area contributed by atoms with E-state index in [1.807, 2.05) is 0 Å². The summed E-state index contributed by atoms with van der Waals surface area (Å²) in [5, 5.41) is 0. The number of nitrogens with zero attached hydrogens (tertiary/aromatic N) is 3. The third kappa shape index (κ3) is 14.1. The third-order valence-corrected chi connectivity index (χ3v) is 6.13. The first kappa shape index (κ1) is 28.4. The average Bonchev–Trinajstić information content (AvgIpc) is 2.67. The number of hydrogen-bond donors (Lipinski definition) is 0. The highest BCUT2D eigenvalue weighted by molar-refractivity contribution is 5.77. The normalized spacial score (nSPS) is 12.2. The van der Waals surface area contributed by atoms with E-state index in [1.54, 1.807) is 0 Å². The number of unbranched alkanes of at least 4 members (excludes halogenated alkanes) is 3. The van der Waals surface area contributed by atoms with E-state index in [-0.39, 0.29) is 5.41 Å². The van der Waals surface area contributed by atoms with Crippen LogP contribution in [0.25, 0.3) is 0 Å². The van der Waals surface area contributed by atoms with Gasteiger partial charge in [0.05, 0.1) is 0 Å². The standard InChI is InChI=1S/C25H53N3O/c1-8-11-16-25(17-12-9-2,18-13-10-3)23-24(29)28(21-14-19-26(4)5)22-15-20-27(6)7/h8-23H2,1-7H3. The van der Waals surface area contributed by atoms with Crippen LogP contribution in [0.5, 0.6) is 0 Å². The zero-order chi connectivity index (χ0) is 22.1. The van der Waals surface area contributed by atoms with Gasteiger partial charge >= 0.3 is 0 Å². The molecule has 4 heteroatoms. The lowest BCUT2D eigenvalue weighted by atomic mass is 9.71. The largest absolute Gasteiger partial charge is 0.343 e. The highest BCUT2D eigenvalue weighted by Gasteiger charge is 2.32. The van der Waals surface area contributed by atoms with Gasteiger partial charge in [0.2, 0.25) is 5.91 Å². The summed E-state index contributed by atoms with van der Waals surface area (Å²) < 4.78 is 0. The lowest BCUT2D eigenvalue weighted by molar-refractivity contribution is -0.134. The molecule has 0 aromatic heterocycles. The van der Waals surface area contributed by atoms with E-state index in [9.17, 15) is 4.79 Å². The zero-order valence-electron chi connectivity index (χ0n) is 21.1. The first-order valence-electron chi connectivity index (χ1n) is 12.4. The molecule has 0 rings (SSSR count). The van der Waals surface area contributed by atoms with Crippen LogP contribution < -0.4 is 0 Å². The van der Waals surface area contributed by atoms with Gasteiger partial charge in [-0.2, -0.15) is 0 Å². The van der Waals surface area contributed by atoms with Crippen LogP contribution in [0.4, 0.5) is 0 Å². The minimum Gasteiger partial charge on any atom is -0.343 e. The molecule has 0 bridgehead atoms. The number of amides is 1. The summed E-state index contributed by atoms with van der Waals surface area (Å²) in [5.74, 6) is 0.408. The Morgan fingerprint density at radius 1 is 0.621 bits per heavy atom. The molecule has 0 aliphatic carbocycles. The lowest BCUT2D eigenvalue weighted by Crippen LogP contribution is -2.39. The van der Waals surface area contributed by atoms with E-state index in [2.05, 4.69) is 63.7 Å². The van der Waals surface area contributed by atoms with E-state index >= 15 is 0 Å². The molecule has 0 atom stereocenters. The average molecular weight is 412 g/mol. The number of hydrogen-bond acceptors (Lipinski definition) is 3. The highest BCUT2D eigenvalue weighted by Crippen LogP contribution is 2.40. The molecule has 0 unspecified atom stereocenters. The molecule has 4 nitrogen and oxygen atoms in total. The monoisotopic (exact) mass is 411 g/mol. The fraction of sp³-hybridized carbons (Fsp3) is 0.960. The topological polar surface area (TPSA) is 26.8 Å². The molecule has 174 valence electrons. The molecule has 0 radical (unpaired) electrons. The van der Waals surface area contributed by atoms with Crippen molar-refractivity contribution < 1.29 is 4.79 Å².